The SMILES string of the molecule is CCC(=O)N[C@@H](C(=O)N1CCN(C)CC1)[C@@H](C)c1ccc(NC(=O)[C@@H](CC(=O)C(F)(F)c2cccc(C#N)c2)C2CCCCCC2)c(F)c1. The molecule has 12 heteroatoms. The molecule has 0 spiro atoms. The van der Waals surface area contributed by atoms with E-state index in [1.54, 1.807) is 30.9 Å². The topological polar surface area (TPSA) is 123 Å². The molecular weight excluding hydrogens is 635 g/mol. The van der Waals surface area contributed by atoms with Gasteiger partial charge in [-0.2, -0.15) is 14.0 Å². The minimum atomic E-state index is -3.93. The number of hydrogen-bond donors (Lipinski definition) is 2. The lowest BCUT2D eigenvalue weighted by Crippen LogP contribution is -2.55. The van der Waals surface area contributed by atoms with Gasteiger partial charge in [0, 0.05) is 56.4 Å². The van der Waals surface area contributed by atoms with Crippen LogP contribution in [0.3, 0.4) is 0 Å². The largest absolute Gasteiger partial charge is 0.344 e. The molecule has 1 aliphatic heterocycles. The van der Waals surface area contributed by atoms with Gasteiger partial charge in [0.05, 0.1) is 17.3 Å². The van der Waals surface area contributed by atoms with Crippen molar-refractivity contribution >= 4 is 29.2 Å². The number of carbonyl (C=O) groups excluding carboxylic acids is 4. The maximum Gasteiger partial charge on any atom is 0.330 e. The fraction of sp³-hybridized carbons (Fsp3) is 0.541. The van der Waals surface area contributed by atoms with Gasteiger partial charge in [-0.15, -0.1) is 0 Å². The summed E-state index contributed by atoms with van der Waals surface area (Å²) in [5.41, 5.74) is -0.389. The number of ketones is 1. The van der Waals surface area contributed by atoms with Gasteiger partial charge in [0.25, 0.3) is 0 Å². The molecule has 49 heavy (non-hydrogen) atoms. The number of benzene rings is 2. The lowest BCUT2D eigenvalue weighted by Gasteiger charge is -2.36. The number of nitriles is 1. The molecule has 0 radical (unpaired) electrons. The van der Waals surface area contributed by atoms with Crippen molar-refractivity contribution in [1.82, 2.24) is 15.1 Å². The third-order valence-electron chi connectivity index (χ3n) is 9.91. The maximum atomic E-state index is 15.7. The molecule has 2 aromatic rings. The molecular formula is C37H46F3N5O4. The molecule has 1 heterocycles. The molecule has 0 aromatic heterocycles. The van der Waals surface area contributed by atoms with Crippen molar-refractivity contribution in [3.8, 4) is 6.07 Å². The Kier molecular flexibility index (Phi) is 13.0. The molecule has 264 valence electrons. The highest BCUT2D eigenvalue weighted by atomic mass is 19.3. The summed E-state index contributed by atoms with van der Waals surface area (Å²) >= 11 is 0. The molecule has 2 fully saturated rings. The predicted octanol–water partition coefficient (Wildman–Crippen LogP) is 5.75. The van der Waals surface area contributed by atoms with Gasteiger partial charge in [-0.3, -0.25) is 19.2 Å². The van der Waals surface area contributed by atoms with E-state index < -0.39 is 53.3 Å². The van der Waals surface area contributed by atoms with E-state index >= 15 is 13.2 Å². The number of rotatable bonds is 12. The second-order valence-electron chi connectivity index (χ2n) is 13.3. The number of anilines is 1. The van der Waals surface area contributed by atoms with E-state index in [1.165, 1.54) is 24.3 Å². The van der Waals surface area contributed by atoms with E-state index in [-0.39, 0.29) is 35.4 Å². The van der Waals surface area contributed by atoms with E-state index in [2.05, 4.69) is 15.5 Å². The summed E-state index contributed by atoms with van der Waals surface area (Å²) in [4.78, 5) is 56.6. The zero-order valence-corrected chi connectivity index (χ0v) is 28.4. The number of halogens is 3. The van der Waals surface area contributed by atoms with Crippen LogP contribution in [0.15, 0.2) is 42.5 Å². The minimum Gasteiger partial charge on any atom is -0.344 e. The van der Waals surface area contributed by atoms with E-state index in [4.69, 9.17) is 5.26 Å². The number of likely N-dealkylation sites (N-methyl/N-ethyl adjacent to an activating group) is 1. The summed E-state index contributed by atoms with van der Waals surface area (Å²) in [7, 11) is 1.96. The number of hydrogen-bond acceptors (Lipinski definition) is 6. The van der Waals surface area contributed by atoms with Crippen molar-refractivity contribution in [1.29, 1.82) is 5.26 Å². The molecule has 4 rings (SSSR count). The van der Waals surface area contributed by atoms with Crippen LogP contribution < -0.4 is 10.6 Å². The monoisotopic (exact) mass is 681 g/mol. The standard InChI is InChI=1S/C37H46F3N5O4/c1-4-33(47)43-34(36(49)45-18-16-44(3)17-19-45)24(2)27-14-15-31(30(38)21-27)42-35(48)29(26-11-7-5-6-8-12-26)22-32(46)37(39,40)28-13-9-10-25(20-28)23-41/h9-10,13-15,20-21,24,26,29,34H,4-8,11-12,16-19,22H2,1-3H3,(H,42,48)(H,43,47)/t24-,29-,34+/m0/s1. The Balaban J connectivity index is 1.55. The van der Waals surface area contributed by atoms with E-state index in [0.29, 0.717) is 44.6 Å². The molecule has 0 bridgehead atoms. The molecule has 1 aliphatic carbocycles. The summed E-state index contributed by atoms with van der Waals surface area (Å²) in [6.07, 6.45) is 4.01. The average Bonchev–Trinajstić information content (AvgIpc) is 3.39. The first kappa shape index (κ1) is 37.6. The van der Waals surface area contributed by atoms with Gasteiger partial charge < -0.3 is 20.4 Å². The zero-order valence-electron chi connectivity index (χ0n) is 28.4. The highest BCUT2D eigenvalue weighted by molar-refractivity contribution is 5.97. The summed E-state index contributed by atoms with van der Waals surface area (Å²) in [6, 6.07) is 9.66. The lowest BCUT2D eigenvalue weighted by atomic mass is 9.80. The first-order valence-corrected chi connectivity index (χ1v) is 17.1. The number of piperazine rings is 1. The molecule has 0 unspecified atom stereocenters. The van der Waals surface area contributed by atoms with Crippen molar-refractivity contribution in [2.45, 2.75) is 83.1 Å². The number of alkyl halides is 2. The lowest BCUT2D eigenvalue weighted by molar-refractivity contribution is -0.147. The van der Waals surface area contributed by atoms with Crippen LogP contribution in [-0.4, -0.2) is 72.6 Å². The first-order chi connectivity index (χ1) is 23.3. The van der Waals surface area contributed by atoms with Gasteiger partial charge in [0.1, 0.15) is 11.9 Å². The molecule has 1 saturated heterocycles. The highest BCUT2D eigenvalue weighted by Crippen LogP contribution is 2.37. The van der Waals surface area contributed by atoms with Crippen LogP contribution >= 0.6 is 0 Å². The Bertz CT molecular complexity index is 1540. The summed E-state index contributed by atoms with van der Waals surface area (Å²) in [5.74, 6) is -9.54. The average molecular weight is 682 g/mol. The third-order valence-corrected chi connectivity index (χ3v) is 9.91. The Morgan fingerprint density at radius 1 is 1.00 bits per heavy atom. The van der Waals surface area contributed by atoms with Crippen LogP contribution in [0.2, 0.25) is 0 Å². The Labute approximate surface area is 286 Å². The van der Waals surface area contributed by atoms with Crippen LogP contribution in [0.5, 0.6) is 0 Å². The minimum absolute atomic E-state index is 0.0148. The van der Waals surface area contributed by atoms with Gasteiger partial charge in [-0.1, -0.05) is 57.7 Å². The van der Waals surface area contributed by atoms with E-state index in [0.717, 1.165) is 37.8 Å². The van der Waals surface area contributed by atoms with Gasteiger partial charge >= 0.3 is 5.92 Å². The molecule has 2 N–H and O–H groups in total. The maximum absolute atomic E-state index is 15.7. The van der Waals surface area contributed by atoms with Crippen LogP contribution in [0.1, 0.15) is 87.8 Å². The smallest absolute Gasteiger partial charge is 0.330 e. The van der Waals surface area contributed by atoms with Crippen molar-refractivity contribution < 1.29 is 32.3 Å². The van der Waals surface area contributed by atoms with Crippen molar-refractivity contribution in [3.05, 3.63) is 65.0 Å². The molecule has 2 aromatic carbocycles. The number of nitrogens with one attached hydrogen (secondary N) is 2. The zero-order chi connectivity index (χ0) is 35.7. The first-order valence-electron chi connectivity index (χ1n) is 17.1. The second kappa shape index (κ2) is 16.9. The third kappa shape index (κ3) is 9.47. The van der Waals surface area contributed by atoms with Crippen molar-refractivity contribution in [2.75, 3.05) is 38.5 Å². The Morgan fingerprint density at radius 3 is 2.29 bits per heavy atom. The Hall–Kier alpha value is -4.24. The van der Waals surface area contributed by atoms with Gasteiger partial charge in [0.15, 0.2) is 0 Å². The fourth-order valence-corrected chi connectivity index (χ4v) is 6.69. The second-order valence-corrected chi connectivity index (χ2v) is 13.3. The van der Waals surface area contributed by atoms with Crippen LogP contribution in [-0.2, 0) is 25.1 Å². The quantitative estimate of drug-likeness (QED) is 0.276. The summed E-state index contributed by atoms with van der Waals surface area (Å²) < 4.78 is 46.5. The summed E-state index contributed by atoms with van der Waals surface area (Å²) in [6.45, 7) is 5.79. The van der Waals surface area contributed by atoms with Crippen LogP contribution in [0.4, 0.5) is 18.9 Å². The van der Waals surface area contributed by atoms with Crippen LogP contribution in [0, 0.1) is 29.0 Å². The number of Topliss-reactive ketones (excluding diaryl/α,β-unsaturated/α-hetero) is 1. The van der Waals surface area contributed by atoms with Gasteiger partial charge in [-0.25, -0.2) is 4.39 Å². The molecule has 2 aliphatic rings. The van der Waals surface area contributed by atoms with Crippen molar-refractivity contribution in [3.63, 3.8) is 0 Å². The molecule has 3 atom stereocenters. The highest BCUT2D eigenvalue weighted by Gasteiger charge is 2.44. The molecule has 9 nitrogen and oxygen atoms in total. The fourth-order valence-electron chi connectivity index (χ4n) is 6.69. The predicted molar refractivity (Wildman–Crippen MR) is 179 cm³/mol. The number of nitrogens with zero attached hydrogens (tertiary/aromatic N) is 3. The number of amides is 3. The van der Waals surface area contributed by atoms with E-state index in [1.807, 2.05) is 7.05 Å². The van der Waals surface area contributed by atoms with Crippen LogP contribution in [0.25, 0.3) is 0 Å². The molecule has 1 saturated carbocycles. The van der Waals surface area contributed by atoms with Gasteiger partial charge in [0.2, 0.25) is 23.5 Å². The van der Waals surface area contributed by atoms with E-state index in [9.17, 15) is 19.2 Å². The Morgan fingerprint density at radius 2 is 1.67 bits per heavy atom. The summed E-state index contributed by atoms with van der Waals surface area (Å²) in [5, 5.41) is 14.5. The molecule has 3 amide bonds. The van der Waals surface area contributed by atoms with Crippen molar-refractivity contribution in [2.24, 2.45) is 11.8 Å². The normalized spacial score (nSPS) is 18.0. The van der Waals surface area contributed by atoms with Gasteiger partial charge in [-0.05, 0) is 55.6 Å². The number of carbonyl (C=O) groups is 4.